The molecule has 0 saturated heterocycles. The Balaban J connectivity index is 3.25. The zero-order chi connectivity index (χ0) is 17.6. The Morgan fingerprint density at radius 2 is 1.52 bits per heavy atom. The van der Waals surface area contributed by atoms with E-state index in [0.717, 1.165) is 31.2 Å². The molecule has 0 unspecified atom stereocenters. The number of carboxylic acid groups (broad SMARTS) is 2. The summed E-state index contributed by atoms with van der Waals surface area (Å²) in [7, 11) is 0. The predicted octanol–water partition coefficient (Wildman–Crippen LogP) is 4.65. The maximum atomic E-state index is 11.7. The lowest BCUT2D eigenvalue weighted by atomic mass is 9.88. The molecule has 0 amide bonds. The van der Waals surface area contributed by atoms with Gasteiger partial charge < -0.3 is 10.2 Å². The van der Waals surface area contributed by atoms with Gasteiger partial charge >= 0.3 is 11.9 Å². The molecule has 128 valence electrons. The maximum absolute atomic E-state index is 11.7. The van der Waals surface area contributed by atoms with E-state index in [0.29, 0.717) is 23.8 Å². The fourth-order valence-electron chi connectivity index (χ4n) is 2.76. The number of carbonyl (C=O) groups is 2. The Bertz CT molecular complexity index is 559. The molecule has 0 aromatic heterocycles. The summed E-state index contributed by atoms with van der Waals surface area (Å²) in [5, 5.41) is 18.8. The third kappa shape index (κ3) is 5.70. The van der Waals surface area contributed by atoms with E-state index in [1.807, 2.05) is 0 Å². The Labute approximate surface area is 138 Å². The van der Waals surface area contributed by atoms with Crippen LogP contribution < -0.4 is 0 Å². The maximum Gasteiger partial charge on any atom is 0.336 e. The van der Waals surface area contributed by atoms with Gasteiger partial charge in [0.05, 0.1) is 11.1 Å². The lowest BCUT2D eigenvalue weighted by Crippen LogP contribution is -2.14. The number of hydrogen-bond donors (Lipinski definition) is 2. The molecule has 0 saturated carbocycles. The van der Waals surface area contributed by atoms with Gasteiger partial charge in [0.25, 0.3) is 0 Å². The lowest BCUT2D eigenvalue weighted by molar-refractivity contribution is 0.0650. The molecule has 0 atom stereocenters. The van der Waals surface area contributed by atoms with E-state index in [1.165, 1.54) is 6.07 Å². The number of carboxylic acids is 2. The van der Waals surface area contributed by atoms with Gasteiger partial charge in [-0.15, -0.1) is 0 Å². The Morgan fingerprint density at radius 1 is 0.913 bits per heavy atom. The highest BCUT2D eigenvalue weighted by molar-refractivity contribution is 6.03. The quantitative estimate of drug-likeness (QED) is 0.694. The molecule has 1 aromatic carbocycles. The van der Waals surface area contributed by atoms with Crippen molar-refractivity contribution in [1.82, 2.24) is 0 Å². The van der Waals surface area contributed by atoms with Crippen molar-refractivity contribution in [2.75, 3.05) is 0 Å². The molecule has 2 N–H and O–H groups in total. The van der Waals surface area contributed by atoms with Crippen LogP contribution in [0.4, 0.5) is 0 Å². The average molecular weight is 320 g/mol. The van der Waals surface area contributed by atoms with Crippen LogP contribution in [0.25, 0.3) is 0 Å². The van der Waals surface area contributed by atoms with Crippen molar-refractivity contribution >= 4 is 11.9 Å². The molecule has 1 rings (SSSR count). The largest absolute Gasteiger partial charge is 0.478 e. The van der Waals surface area contributed by atoms with Crippen LogP contribution in [0.1, 0.15) is 78.8 Å². The highest BCUT2D eigenvalue weighted by Gasteiger charge is 2.22. The second kappa shape index (κ2) is 8.70. The van der Waals surface area contributed by atoms with Gasteiger partial charge in [0.1, 0.15) is 0 Å². The first-order chi connectivity index (χ1) is 10.7. The van der Waals surface area contributed by atoms with Crippen LogP contribution in [0.15, 0.2) is 12.1 Å². The van der Waals surface area contributed by atoms with E-state index in [9.17, 15) is 19.8 Å². The minimum atomic E-state index is -1.18. The summed E-state index contributed by atoms with van der Waals surface area (Å²) < 4.78 is 0. The summed E-state index contributed by atoms with van der Waals surface area (Å²) in [4.78, 5) is 23.0. The zero-order valence-electron chi connectivity index (χ0n) is 14.6. The Morgan fingerprint density at radius 3 is 2.00 bits per heavy atom. The van der Waals surface area contributed by atoms with Crippen LogP contribution >= 0.6 is 0 Å². The molecule has 0 spiro atoms. The van der Waals surface area contributed by atoms with Gasteiger partial charge in [-0.2, -0.15) is 0 Å². The van der Waals surface area contributed by atoms with Crippen LogP contribution in [-0.4, -0.2) is 22.2 Å². The molecular formula is C19H28O4. The molecule has 4 heteroatoms. The first-order valence-corrected chi connectivity index (χ1v) is 8.35. The summed E-state index contributed by atoms with van der Waals surface area (Å²) in [6.45, 7) is 8.52. The van der Waals surface area contributed by atoms with Gasteiger partial charge in [0.15, 0.2) is 0 Å². The minimum absolute atomic E-state index is 0.0255. The van der Waals surface area contributed by atoms with E-state index in [1.54, 1.807) is 6.07 Å². The summed E-state index contributed by atoms with van der Waals surface area (Å²) in [6, 6.07) is 3.23. The third-order valence-electron chi connectivity index (χ3n) is 4.05. The van der Waals surface area contributed by atoms with Crippen molar-refractivity contribution in [2.45, 2.75) is 59.8 Å². The van der Waals surface area contributed by atoms with Crippen LogP contribution in [0.2, 0.25) is 0 Å². The fourth-order valence-corrected chi connectivity index (χ4v) is 2.76. The SMILES string of the molecule is CC(C)CCCc1c(CCC(C)C)ccc(C(=O)O)c1C(=O)O. The van der Waals surface area contributed by atoms with Crippen molar-refractivity contribution in [3.05, 3.63) is 34.4 Å². The van der Waals surface area contributed by atoms with Crippen molar-refractivity contribution in [2.24, 2.45) is 11.8 Å². The first-order valence-electron chi connectivity index (χ1n) is 8.35. The topological polar surface area (TPSA) is 74.6 Å². The van der Waals surface area contributed by atoms with E-state index in [2.05, 4.69) is 27.7 Å². The van der Waals surface area contributed by atoms with E-state index in [-0.39, 0.29) is 11.1 Å². The monoisotopic (exact) mass is 320 g/mol. The van der Waals surface area contributed by atoms with Crippen molar-refractivity contribution < 1.29 is 19.8 Å². The first kappa shape index (κ1) is 19.2. The number of benzene rings is 1. The average Bonchev–Trinajstić information content (AvgIpc) is 2.44. The van der Waals surface area contributed by atoms with Crippen LogP contribution in [-0.2, 0) is 12.8 Å². The van der Waals surface area contributed by atoms with Crippen LogP contribution in [0, 0.1) is 11.8 Å². The van der Waals surface area contributed by atoms with Gasteiger partial charge in [-0.1, -0.05) is 40.2 Å². The van der Waals surface area contributed by atoms with E-state index < -0.39 is 11.9 Å². The van der Waals surface area contributed by atoms with Gasteiger partial charge in [0.2, 0.25) is 0 Å². The standard InChI is InChI=1S/C19H28O4/c1-12(2)6-5-7-15-14(9-8-13(3)4)10-11-16(18(20)21)17(15)19(22)23/h10-13H,5-9H2,1-4H3,(H,20,21)(H,22,23). The van der Waals surface area contributed by atoms with Crippen LogP contribution in [0.5, 0.6) is 0 Å². The molecule has 0 bridgehead atoms. The minimum Gasteiger partial charge on any atom is -0.478 e. The van der Waals surface area contributed by atoms with Gasteiger partial charge in [0, 0.05) is 0 Å². The summed E-state index contributed by atoms with van der Waals surface area (Å²) in [6.07, 6.45) is 4.24. The molecule has 1 aromatic rings. The number of hydrogen-bond acceptors (Lipinski definition) is 2. The highest BCUT2D eigenvalue weighted by atomic mass is 16.4. The molecule has 0 aliphatic heterocycles. The van der Waals surface area contributed by atoms with E-state index in [4.69, 9.17) is 0 Å². The van der Waals surface area contributed by atoms with Gasteiger partial charge in [-0.25, -0.2) is 9.59 Å². The molecule has 0 radical (unpaired) electrons. The highest BCUT2D eigenvalue weighted by Crippen LogP contribution is 2.25. The second-order valence-corrected chi connectivity index (χ2v) is 6.95. The Kier molecular flexibility index (Phi) is 7.27. The molecular weight excluding hydrogens is 292 g/mol. The number of rotatable bonds is 9. The summed E-state index contributed by atoms with van der Waals surface area (Å²) in [5.41, 5.74) is 1.55. The molecule has 0 fully saturated rings. The normalized spacial score (nSPS) is 11.2. The number of aryl methyl sites for hydroxylation is 1. The zero-order valence-corrected chi connectivity index (χ0v) is 14.6. The molecule has 0 aliphatic carbocycles. The number of aromatic carboxylic acids is 2. The predicted molar refractivity (Wildman–Crippen MR) is 91.3 cm³/mol. The third-order valence-corrected chi connectivity index (χ3v) is 4.05. The molecule has 0 heterocycles. The van der Waals surface area contributed by atoms with Crippen LogP contribution in [0.3, 0.4) is 0 Å². The molecule has 23 heavy (non-hydrogen) atoms. The summed E-state index contributed by atoms with van der Waals surface area (Å²) >= 11 is 0. The Hall–Kier alpha value is -1.84. The summed E-state index contributed by atoms with van der Waals surface area (Å²) in [5.74, 6) is -1.26. The van der Waals surface area contributed by atoms with Crippen molar-refractivity contribution in [3.63, 3.8) is 0 Å². The van der Waals surface area contributed by atoms with Gasteiger partial charge in [-0.3, -0.25) is 0 Å². The fraction of sp³-hybridized carbons (Fsp3) is 0.579. The molecule has 0 aliphatic rings. The van der Waals surface area contributed by atoms with Gasteiger partial charge in [-0.05, 0) is 54.7 Å². The van der Waals surface area contributed by atoms with E-state index >= 15 is 0 Å². The lowest BCUT2D eigenvalue weighted by Gasteiger charge is -2.16. The smallest absolute Gasteiger partial charge is 0.336 e. The second-order valence-electron chi connectivity index (χ2n) is 6.95. The van der Waals surface area contributed by atoms with Crippen molar-refractivity contribution in [3.8, 4) is 0 Å². The van der Waals surface area contributed by atoms with Crippen molar-refractivity contribution in [1.29, 1.82) is 0 Å². The molecule has 4 nitrogen and oxygen atoms in total.